The average molecular weight is 555 g/mol. The van der Waals surface area contributed by atoms with Crippen LogP contribution in [0.3, 0.4) is 0 Å². The quantitative estimate of drug-likeness (QED) is 0.212. The van der Waals surface area contributed by atoms with Crippen molar-refractivity contribution in [3.63, 3.8) is 0 Å². The summed E-state index contributed by atoms with van der Waals surface area (Å²) in [6.07, 6.45) is 0.162. The summed E-state index contributed by atoms with van der Waals surface area (Å²) in [6, 6.07) is 8.19. The lowest BCUT2D eigenvalue weighted by Gasteiger charge is -2.24. The van der Waals surface area contributed by atoms with Gasteiger partial charge in [-0.1, -0.05) is 88.3 Å². The number of likely N-dealkylation sites (tertiary alicyclic amines) is 1. The third-order valence-electron chi connectivity index (χ3n) is 4.81. The van der Waals surface area contributed by atoms with Crippen LogP contribution in [0.25, 0.3) is 0 Å². The molecule has 0 aliphatic carbocycles. The highest BCUT2D eigenvalue weighted by molar-refractivity contribution is 6.55. The van der Waals surface area contributed by atoms with Gasteiger partial charge in [-0.2, -0.15) is 0 Å². The molecule has 1 N–H and O–H groups in total. The first-order chi connectivity index (χ1) is 15.7. The Bertz CT molecular complexity index is 1040. The maximum atomic E-state index is 12.8. The summed E-state index contributed by atoms with van der Waals surface area (Å²) in [6.45, 7) is 0.0215. The first-order valence-corrected chi connectivity index (χ1v) is 11.6. The van der Waals surface area contributed by atoms with Crippen molar-refractivity contribution in [2.45, 2.75) is 25.5 Å². The van der Waals surface area contributed by atoms with Gasteiger partial charge in [0.1, 0.15) is 29.2 Å². The number of nitrogens with one attached hydrogen (secondary N) is 1. The molecule has 2 aromatic carbocycles. The standard InChI is InChI=1S/C21H17Cl5N2O5/c22-14-15(23)17(25)19(18(26)16(14)24)33-20(30)12-7-4-8-28(12)13(29)9-27-21(31)32-10-11-5-2-1-3-6-11/h1-3,5-6,12H,4,7-10H2,(H,27,31)/t12-/m0/s1. The number of carbonyl (C=O) groups is 3. The van der Waals surface area contributed by atoms with E-state index in [1.165, 1.54) is 4.90 Å². The third-order valence-corrected chi connectivity index (χ3v) is 7.06. The number of rotatable bonds is 6. The number of nitrogens with zero attached hydrogens (tertiary/aromatic N) is 1. The van der Waals surface area contributed by atoms with Gasteiger partial charge in [-0.15, -0.1) is 0 Å². The number of alkyl carbamates (subject to hydrolysis) is 1. The molecule has 0 saturated carbocycles. The van der Waals surface area contributed by atoms with E-state index >= 15 is 0 Å². The van der Waals surface area contributed by atoms with E-state index in [1.54, 1.807) is 12.1 Å². The lowest BCUT2D eigenvalue weighted by atomic mass is 10.2. The molecule has 1 fully saturated rings. The van der Waals surface area contributed by atoms with Crippen molar-refractivity contribution in [2.75, 3.05) is 13.1 Å². The Morgan fingerprint density at radius 1 is 0.939 bits per heavy atom. The molecule has 1 atom stereocenters. The van der Waals surface area contributed by atoms with Crippen molar-refractivity contribution in [2.24, 2.45) is 0 Å². The molecule has 2 aromatic rings. The van der Waals surface area contributed by atoms with Gasteiger partial charge < -0.3 is 19.7 Å². The lowest BCUT2D eigenvalue weighted by Crippen LogP contribution is -2.46. The minimum absolute atomic E-state index is 0.0628. The highest BCUT2D eigenvalue weighted by Crippen LogP contribution is 2.48. The van der Waals surface area contributed by atoms with Gasteiger partial charge in [0, 0.05) is 6.54 Å². The SMILES string of the molecule is O=C(NCC(=O)N1CCC[C@H]1C(=O)Oc1c(Cl)c(Cl)c(Cl)c(Cl)c1Cl)OCc1ccccc1. The molecule has 12 heteroatoms. The molecule has 0 bridgehead atoms. The number of esters is 1. The molecular formula is C21H17Cl5N2O5. The predicted molar refractivity (Wildman–Crippen MR) is 126 cm³/mol. The number of amides is 2. The van der Waals surface area contributed by atoms with E-state index in [0.717, 1.165) is 5.56 Å². The minimum atomic E-state index is -0.903. The van der Waals surface area contributed by atoms with Gasteiger partial charge in [-0.25, -0.2) is 9.59 Å². The van der Waals surface area contributed by atoms with Gasteiger partial charge in [0.05, 0.1) is 15.1 Å². The van der Waals surface area contributed by atoms with Crippen LogP contribution in [0.4, 0.5) is 4.79 Å². The first-order valence-electron chi connectivity index (χ1n) is 9.67. The van der Waals surface area contributed by atoms with E-state index in [1.807, 2.05) is 18.2 Å². The van der Waals surface area contributed by atoms with Crippen molar-refractivity contribution in [1.82, 2.24) is 10.2 Å². The van der Waals surface area contributed by atoms with Crippen LogP contribution in [0.2, 0.25) is 25.1 Å². The van der Waals surface area contributed by atoms with E-state index in [0.29, 0.717) is 19.4 Å². The number of ether oxygens (including phenoxy) is 2. The molecule has 1 heterocycles. The van der Waals surface area contributed by atoms with E-state index < -0.39 is 24.0 Å². The summed E-state index contributed by atoms with van der Waals surface area (Å²) in [7, 11) is 0. The molecule has 1 saturated heterocycles. The molecule has 0 spiro atoms. The number of hydrogen-bond acceptors (Lipinski definition) is 5. The molecule has 1 aliphatic heterocycles. The fraction of sp³-hybridized carbons (Fsp3) is 0.286. The summed E-state index contributed by atoms with van der Waals surface area (Å²) in [5, 5.41) is 1.72. The fourth-order valence-electron chi connectivity index (χ4n) is 3.18. The van der Waals surface area contributed by atoms with Crippen molar-refractivity contribution < 1.29 is 23.9 Å². The molecule has 176 valence electrons. The zero-order valence-electron chi connectivity index (χ0n) is 16.9. The second-order valence-corrected chi connectivity index (χ2v) is 8.87. The second-order valence-electron chi connectivity index (χ2n) is 6.98. The Morgan fingerprint density at radius 3 is 2.18 bits per heavy atom. The van der Waals surface area contributed by atoms with Crippen LogP contribution in [-0.2, 0) is 20.9 Å². The highest BCUT2D eigenvalue weighted by atomic mass is 35.5. The van der Waals surface area contributed by atoms with Crippen LogP contribution in [0, 0.1) is 0 Å². The first kappa shape index (κ1) is 25.7. The number of halogens is 5. The molecule has 7 nitrogen and oxygen atoms in total. The Morgan fingerprint density at radius 2 is 1.55 bits per heavy atom. The van der Waals surface area contributed by atoms with E-state index in [9.17, 15) is 14.4 Å². The van der Waals surface area contributed by atoms with Crippen LogP contribution in [0.5, 0.6) is 5.75 Å². The number of carbonyl (C=O) groups excluding carboxylic acids is 3. The Balaban J connectivity index is 1.58. The van der Waals surface area contributed by atoms with Crippen LogP contribution < -0.4 is 10.1 Å². The lowest BCUT2D eigenvalue weighted by molar-refractivity contribution is -0.145. The van der Waals surface area contributed by atoms with E-state index in [2.05, 4.69) is 5.32 Å². The minimum Gasteiger partial charge on any atom is -0.445 e. The Labute approximate surface area is 214 Å². The maximum absolute atomic E-state index is 12.8. The van der Waals surface area contributed by atoms with Crippen LogP contribution >= 0.6 is 58.0 Å². The monoisotopic (exact) mass is 552 g/mol. The Kier molecular flexibility index (Phi) is 8.95. The average Bonchev–Trinajstić information content (AvgIpc) is 3.32. The van der Waals surface area contributed by atoms with Crippen LogP contribution in [0.15, 0.2) is 30.3 Å². The molecule has 2 amide bonds. The normalized spacial score (nSPS) is 15.3. The Hall–Kier alpha value is -1.90. The maximum Gasteiger partial charge on any atom is 0.407 e. The molecular weight excluding hydrogens is 538 g/mol. The summed E-state index contributed by atoms with van der Waals surface area (Å²) in [5.41, 5.74) is 0.807. The number of hydrogen-bond donors (Lipinski definition) is 1. The summed E-state index contributed by atoms with van der Waals surface area (Å²) < 4.78 is 10.4. The third kappa shape index (κ3) is 6.16. The molecule has 1 aliphatic rings. The molecule has 0 radical (unpaired) electrons. The smallest absolute Gasteiger partial charge is 0.407 e. The van der Waals surface area contributed by atoms with Gasteiger partial charge in [-0.05, 0) is 18.4 Å². The van der Waals surface area contributed by atoms with Crippen molar-refractivity contribution in [3.05, 3.63) is 61.0 Å². The highest BCUT2D eigenvalue weighted by Gasteiger charge is 2.36. The van der Waals surface area contributed by atoms with E-state index in [4.69, 9.17) is 67.5 Å². The predicted octanol–water partition coefficient (Wildman–Crippen LogP) is 5.78. The van der Waals surface area contributed by atoms with Crippen LogP contribution in [-0.4, -0.2) is 42.0 Å². The topological polar surface area (TPSA) is 84.9 Å². The van der Waals surface area contributed by atoms with Gasteiger partial charge in [0.25, 0.3) is 0 Å². The molecule has 3 rings (SSSR count). The van der Waals surface area contributed by atoms with Gasteiger partial charge in [-0.3, -0.25) is 4.79 Å². The summed E-state index contributed by atoms with van der Waals surface area (Å²) in [4.78, 5) is 38.6. The molecule has 0 aromatic heterocycles. The number of benzene rings is 2. The zero-order valence-corrected chi connectivity index (χ0v) is 20.7. The van der Waals surface area contributed by atoms with Crippen molar-refractivity contribution in [1.29, 1.82) is 0 Å². The fourth-order valence-corrected chi connectivity index (χ4v) is 4.37. The van der Waals surface area contributed by atoms with Crippen LogP contribution in [0.1, 0.15) is 18.4 Å². The zero-order chi connectivity index (χ0) is 24.1. The van der Waals surface area contributed by atoms with E-state index in [-0.39, 0.29) is 44.0 Å². The summed E-state index contributed by atoms with van der Waals surface area (Å²) in [5.74, 6) is -1.49. The van der Waals surface area contributed by atoms with Crippen molar-refractivity contribution in [3.8, 4) is 5.75 Å². The van der Waals surface area contributed by atoms with Gasteiger partial charge in [0.2, 0.25) is 5.91 Å². The van der Waals surface area contributed by atoms with Gasteiger partial charge >= 0.3 is 12.1 Å². The largest absolute Gasteiger partial charge is 0.445 e. The molecule has 0 unspecified atom stereocenters. The second kappa shape index (κ2) is 11.5. The summed E-state index contributed by atoms with van der Waals surface area (Å²) >= 11 is 30.2. The van der Waals surface area contributed by atoms with Crippen molar-refractivity contribution >= 4 is 76.0 Å². The van der Waals surface area contributed by atoms with Gasteiger partial charge in [0.15, 0.2) is 5.75 Å². The molecule has 33 heavy (non-hydrogen) atoms.